The van der Waals surface area contributed by atoms with Crippen LogP contribution in [0.4, 0.5) is 0 Å². The van der Waals surface area contributed by atoms with E-state index in [0.29, 0.717) is 12.3 Å². The van der Waals surface area contributed by atoms with E-state index in [9.17, 15) is 4.79 Å². The van der Waals surface area contributed by atoms with Gasteiger partial charge in [0.15, 0.2) is 0 Å². The molecule has 1 saturated heterocycles. The molecule has 0 aliphatic carbocycles. The lowest BCUT2D eigenvalue weighted by Crippen LogP contribution is -2.13. The van der Waals surface area contributed by atoms with Crippen molar-refractivity contribution in [3.8, 4) is 0 Å². The van der Waals surface area contributed by atoms with Crippen LogP contribution in [0.15, 0.2) is 18.3 Å². The summed E-state index contributed by atoms with van der Waals surface area (Å²) in [4.78, 5) is 15.2. The second-order valence-electron chi connectivity index (χ2n) is 3.38. The molecule has 0 saturated carbocycles. The van der Waals surface area contributed by atoms with Crippen LogP contribution in [0, 0.1) is 6.92 Å². The minimum absolute atomic E-state index is 0.147. The van der Waals surface area contributed by atoms with Crippen LogP contribution in [-0.4, -0.2) is 17.4 Å². The molecule has 1 aliphatic rings. The van der Waals surface area contributed by atoms with Crippen molar-refractivity contribution in [2.24, 2.45) is 0 Å². The van der Waals surface area contributed by atoms with Crippen LogP contribution < -0.4 is 5.32 Å². The lowest BCUT2D eigenvalue weighted by molar-refractivity contribution is -0.119. The molecule has 0 bridgehead atoms. The first kappa shape index (κ1) is 8.23. The van der Waals surface area contributed by atoms with E-state index in [-0.39, 0.29) is 5.91 Å². The third-order valence-electron chi connectivity index (χ3n) is 2.47. The van der Waals surface area contributed by atoms with Crippen molar-refractivity contribution in [1.82, 2.24) is 10.3 Å². The molecule has 68 valence electrons. The third-order valence-corrected chi connectivity index (χ3v) is 2.47. The summed E-state index contributed by atoms with van der Waals surface area (Å²) in [6, 6.07) is 3.97. The van der Waals surface area contributed by atoms with Gasteiger partial charge in [0.1, 0.15) is 0 Å². The number of hydrogen-bond donors (Lipinski definition) is 1. The number of carbonyl (C=O) groups excluding carboxylic acids is 1. The molecule has 13 heavy (non-hydrogen) atoms. The molecule has 3 heteroatoms. The largest absolute Gasteiger partial charge is 0.355 e. The van der Waals surface area contributed by atoms with Gasteiger partial charge in [0.05, 0.1) is 0 Å². The highest BCUT2D eigenvalue weighted by atomic mass is 16.1. The molecule has 2 rings (SSSR count). The van der Waals surface area contributed by atoms with Gasteiger partial charge < -0.3 is 5.32 Å². The van der Waals surface area contributed by atoms with Crippen LogP contribution in [0.1, 0.15) is 23.6 Å². The van der Waals surface area contributed by atoms with E-state index in [4.69, 9.17) is 0 Å². The van der Waals surface area contributed by atoms with E-state index in [2.05, 4.69) is 10.3 Å². The number of amides is 1. The second-order valence-corrected chi connectivity index (χ2v) is 3.38. The quantitative estimate of drug-likeness (QED) is 0.693. The number of rotatable bonds is 1. The zero-order valence-electron chi connectivity index (χ0n) is 7.58. The Morgan fingerprint density at radius 2 is 2.46 bits per heavy atom. The molecule has 3 nitrogen and oxygen atoms in total. The Balaban J connectivity index is 2.26. The number of pyridine rings is 1. The van der Waals surface area contributed by atoms with Gasteiger partial charge in [-0.1, -0.05) is 6.07 Å². The van der Waals surface area contributed by atoms with Crippen molar-refractivity contribution in [2.45, 2.75) is 19.3 Å². The molecule has 0 aromatic carbocycles. The summed E-state index contributed by atoms with van der Waals surface area (Å²) in [5.74, 6) is 0.467. The first-order chi connectivity index (χ1) is 6.27. The van der Waals surface area contributed by atoms with E-state index in [1.165, 1.54) is 5.56 Å². The Hall–Kier alpha value is -1.38. The Morgan fingerprint density at radius 1 is 1.62 bits per heavy atom. The molecule has 1 aromatic rings. The fraction of sp³-hybridized carbons (Fsp3) is 0.400. The average molecular weight is 176 g/mol. The van der Waals surface area contributed by atoms with Crippen molar-refractivity contribution >= 4 is 5.91 Å². The maximum absolute atomic E-state index is 11.0. The summed E-state index contributed by atoms with van der Waals surface area (Å²) >= 11 is 0. The van der Waals surface area contributed by atoms with Gasteiger partial charge in [-0.3, -0.25) is 9.78 Å². The summed E-state index contributed by atoms with van der Waals surface area (Å²) < 4.78 is 0. The highest BCUT2D eigenvalue weighted by Gasteiger charge is 2.24. The number of nitrogens with one attached hydrogen (secondary N) is 1. The van der Waals surface area contributed by atoms with E-state index in [1.54, 1.807) is 6.20 Å². The van der Waals surface area contributed by atoms with Crippen LogP contribution in [0.5, 0.6) is 0 Å². The topological polar surface area (TPSA) is 42.0 Å². The van der Waals surface area contributed by atoms with Crippen LogP contribution in [0.25, 0.3) is 0 Å². The Morgan fingerprint density at radius 3 is 3.08 bits per heavy atom. The van der Waals surface area contributed by atoms with Gasteiger partial charge in [0, 0.05) is 30.8 Å². The standard InChI is InChI=1S/C10H12N2O/c1-7-9(3-2-4-11-7)8-5-10(13)12-6-8/h2-4,8H,5-6H2,1H3,(H,12,13)/t8-/m1/s1. The Kier molecular flexibility index (Phi) is 2.00. The van der Waals surface area contributed by atoms with Crippen LogP contribution in [0.3, 0.4) is 0 Å². The highest BCUT2D eigenvalue weighted by Crippen LogP contribution is 2.24. The molecule has 0 radical (unpaired) electrons. The summed E-state index contributed by atoms with van der Waals surface area (Å²) in [6.45, 7) is 2.74. The fourth-order valence-electron chi connectivity index (χ4n) is 1.75. The monoisotopic (exact) mass is 176 g/mol. The van der Waals surface area contributed by atoms with Crippen molar-refractivity contribution in [2.75, 3.05) is 6.54 Å². The van der Waals surface area contributed by atoms with Crippen molar-refractivity contribution in [3.05, 3.63) is 29.6 Å². The van der Waals surface area contributed by atoms with Gasteiger partial charge in [0.25, 0.3) is 0 Å². The number of aryl methyl sites for hydroxylation is 1. The van der Waals surface area contributed by atoms with Crippen LogP contribution in [-0.2, 0) is 4.79 Å². The van der Waals surface area contributed by atoms with Gasteiger partial charge >= 0.3 is 0 Å². The normalized spacial score (nSPS) is 21.6. The molecule has 1 atom stereocenters. The first-order valence-corrected chi connectivity index (χ1v) is 4.45. The first-order valence-electron chi connectivity index (χ1n) is 4.45. The lowest BCUT2D eigenvalue weighted by Gasteiger charge is -2.09. The Labute approximate surface area is 77.2 Å². The van der Waals surface area contributed by atoms with Gasteiger partial charge in [-0.2, -0.15) is 0 Å². The summed E-state index contributed by atoms with van der Waals surface area (Å²) in [6.07, 6.45) is 2.38. The zero-order chi connectivity index (χ0) is 9.26. The maximum Gasteiger partial charge on any atom is 0.220 e. The predicted octanol–water partition coefficient (Wildman–Crippen LogP) is 0.994. The molecule has 1 N–H and O–H groups in total. The number of nitrogens with zero attached hydrogens (tertiary/aromatic N) is 1. The van der Waals surface area contributed by atoms with Gasteiger partial charge in [-0.25, -0.2) is 0 Å². The van der Waals surface area contributed by atoms with Gasteiger partial charge in [-0.15, -0.1) is 0 Å². The molecule has 1 fully saturated rings. The third kappa shape index (κ3) is 1.54. The summed E-state index contributed by atoms with van der Waals surface area (Å²) in [5, 5.41) is 2.83. The van der Waals surface area contributed by atoms with Crippen LogP contribution in [0.2, 0.25) is 0 Å². The summed E-state index contributed by atoms with van der Waals surface area (Å²) in [5.41, 5.74) is 2.23. The van der Waals surface area contributed by atoms with Gasteiger partial charge in [-0.05, 0) is 18.6 Å². The molecule has 1 amide bonds. The molecule has 1 aromatic heterocycles. The smallest absolute Gasteiger partial charge is 0.220 e. The minimum atomic E-state index is 0.147. The lowest BCUT2D eigenvalue weighted by atomic mass is 9.97. The van der Waals surface area contributed by atoms with Crippen molar-refractivity contribution in [1.29, 1.82) is 0 Å². The van der Waals surface area contributed by atoms with E-state index < -0.39 is 0 Å². The van der Waals surface area contributed by atoms with Crippen LogP contribution >= 0.6 is 0 Å². The SMILES string of the molecule is Cc1ncccc1[C@H]1CNC(=O)C1. The fourth-order valence-corrected chi connectivity index (χ4v) is 1.75. The van der Waals surface area contributed by atoms with Crippen molar-refractivity contribution < 1.29 is 4.79 Å². The van der Waals surface area contributed by atoms with Crippen molar-refractivity contribution in [3.63, 3.8) is 0 Å². The van der Waals surface area contributed by atoms with E-state index in [1.807, 2.05) is 19.1 Å². The molecule has 0 spiro atoms. The molecule has 1 aliphatic heterocycles. The van der Waals surface area contributed by atoms with Gasteiger partial charge in [0.2, 0.25) is 5.91 Å². The summed E-state index contributed by atoms with van der Waals surface area (Å²) in [7, 11) is 0. The zero-order valence-corrected chi connectivity index (χ0v) is 7.58. The molecule has 0 unspecified atom stereocenters. The number of carbonyl (C=O) groups is 1. The number of aromatic nitrogens is 1. The highest BCUT2D eigenvalue weighted by molar-refractivity contribution is 5.79. The average Bonchev–Trinajstić information content (AvgIpc) is 2.53. The molecule has 2 heterocycles. The Bertz CT molecular complexity index is 335. The van der Waals surface area contributed by atoms with E-state index in [0.717, 1.165) is 12.2 Å². The molecular weight excluding hydrogens is 164 g/mol. The predicted molar refractivity (Wildman–Crippen MR) is 49.3 cm³/mol. The second kappa shape index (κ2) is 3.17. The van der Waals surface area contributed by atoms with E-state index >= 15 is 0 Å². The number of hydrogen-bond acceptors (Lipinski definition) is 2. The minimum Gasteiger partial charge on any atom is -0.355 e. The molecular formula is C10H12N2O. The maximum atomic E-state index is 11.0.